The van der Waals surface area contributed by atoms with Crippen molar-refractivity contribution in [1.82, 2.24) is 4.90 Å². The molecule has 0 saturated heterocycles. The van der Waals surface area contributed by atoms with Gasteiger partial charge in [0, 0.05) is 6.04 Å². The van der Waals surface area contributed by atoms with Crippen molar-refractivity contribution in [2.24, 2.45) is 16.6 Å². The van der Waals surface area contributed by atoms with Gasteiger partial charge in [0.15, 0.2) is 5.96 Å². The van der Waals surface area contributed by atoms with Gasteiger partial charge in [-0.25, -0.2) is 0 Å². The minimum absolute atomic E-state index is 0.249. The summed E-state index contributed by atoms with van der Waals surface area (Å²) in [5.74, 6) is 1.67. The van der Waals surface area contributed by atoms with Gasteiger partial charge in [0.2, 0.25) is 0 Å². The van der Waals surface area contributed by atoms with Crippen LogP contribution < -0.4 is 5.73 Å². The van der Waals surface area contributed by atoms with Crippen molar-refractivity contribution in [3.05, 3.63) is 0 Å². The Kier molecular flexibility index (Phi) is 2.80. The highest BCUT2D eigenvalue weighted by Crippen LogP contribution is 2.46. The molecule has 0 aromatic rings. The van der Waals surface area contributed by atoms with Crippen molar-refractivity contribution in [3.8, 4) is 0 Å². The Morgan fingerprint density at radius 2 is 1.76 bits per heavy atom. The first kappa shape index (κ1) is 11.4. The summed E-state index contributed by atoms with van der Waals surface area (Å²) in [4.78, 5) is 7.07. The Balaban J connectivity index is 1.79. The van der Waals surface area contributed by atoms with E-state index in [0.29, 0.717) is 6.04 Å². The molecule has 3 aliphatic rings. The summed E-state index contributed by atoms with van der Waals surface area (Å²) in [6.07, 6.45) is 10.9. The van der Waals surface area contributed by atoms with Crippen LogP contribution in [0.5, 0.6) is 0 Å². The molecular formula is C14H25N3. The summed E-state index contributed by atoms with van der Waals surface area (Å²) in [5, 5.41) is 0. The normalized spacial score (nSPS) is 35.8. The van der Waals surface area contributed by atoms with Crippen LogP contribution in [0.3, 0.4) is 0 Å². The van der Waals surface area contributed by atoms with E-state index in [1.807, 2.05) is 0 Å². The highest BCUT2D eigenvalue weighted by Gasteiger charge is 2.51. The molecule has 2 aliphatic carbocycles. The highest BCUT2D eigenvalue weighted by molar-refractivity contribution is 5.81. The van der Waals surface area contributed by atoms with Gasteiger partial charge in [-0.2, -0.15) is 0 Å². The van der Waals surface area contributed by atoms with Gasteiger partial charge in [0.1, 0.15) is 0 Å². The second-order valence-electron chi connectivity index (χ2n) is 6.32. The third kappa shape index (κ3) is 1.94. The van der Waals surface area contributed by atoms with E-state index < -0.39 is 0 Å². The molecule has 3 heteroatoms. The Morgan fingerprint density at radius 1 is 1.12 bits per heavy atom. The van der Waals surface area contributed by atoms with Crippen LogP contribution in [-0.4, -0.2) is 29.0 Å². The lowest BCUT2D eigenvalue weighted by molar-refractivity contribution is 0.130. The first-order valence-corrected chi connectivity index (χ1v) is 7.31. The number of guanidine groups is 1. The van der Waals surface area contributed by atoms with E-state index in [9.17, 15) is 0 Å². The molecule has 3 nitrogen and oxygen atoms in total. The number of aliphatic imine (C=N–C) groups is 1. The number of rotatable bonds is 2. The van der Waals surface area contributed by atoms with Crippen LogP contribution in [0.25, 0.3) is 0 Å². The van der Waals surface area contributed by atoms with Gasteiger partial charge >= 0.3 is 0 Å². The summed E-state index contributed by atoms with van der Waals surface area (Å²) in [5.41, 5.74) is 6.43. The van der Waals surface area contributed by atoms with Crippen LogP contribution in [0.15, 0.2) is 4.99 Å². The Hall–Kier alpha value is -0.730. The van der Waals surface area contributed by atoms with E-state index in [2.05, 4.69) is 16.8 Å². The van der Waals surface area contributed by atoms with E-state index in [-0.39, 0.29) is 5.54 Å². The Labute approximate surface area is 104 Å². The van der Waals surface area contributed by atoms with Gasteiger partial charge in [-0.15, -0.1) is 0 Å². The van der Waals surface area contributed by atoms with E-state index in [1.54, 1.807) is 0 Å². The fraction of sp³-hybridized carbons (Fsp3) is 0.929. The predicted octanol–water partition coefficient (Wildman–Crippen LogP) is 2.51. The van der Waals surface area contributed by atoms with Crippen molar-refractivity contribution < 1.29 is 0 Å². The fourth-order valence-corrected chi connectivity index (χ4v) is 3.81. The lowest BCUT2D eigenvalue weighted by Crippen LogP contribution is -2.55. The quantitative estimate of drug-likeness (QED) is 0.747. The maximum absolute atomic E-state index is 6.18. The molecule has 0 bridgehead atoms. The van der Waals surface area contributed by atoms with Crippen molar-refractivity contribution in [2.75, 3.05) is 6.54 Å². The van der Waals surface area contributed by atoms with Crippen LogP contribution in [0.2, 0.25) is 0 Å². The smallest absolute Gasteiger partial charge is 0.192 e. The van der Waals surface area contributed by atoms with E-state index in [0.717, 1.165) is 18.4 Å². The molecule has 2 saturated carbocycles. The third-order valence-corrected chi connectivity index (χ3v) is 5.01. The molecule has 1 aliphatic heterocycles. The van der Waals surface area contributed by atoms with Crippen molar-refractivity contribution in [3.63, 3.8) is 0 Å². The summed E-state index contributed by atoms with van der Waals surface area (Å²) < 4.78 is 0. The minimum atomic E-state index is 0.249. The van der Waals surface area contributed by atoms with Crippen LogP contribution >= 0.6 is 0 Å². The van der Waals surface area contributed by atoms with Gasteiger partial charge in [-0.3, -0.25) is 4.99 Å². The summed E-state index contributed by atoms with van der Waals surface area (Å²) in [6, 6.07) is 0.661. The average molecular weight is 235 g/mol. The molecule has 1 heterocycles. The largest absolute Gasteiger partial charge is 0.370 e. The molecule has 0 spiro atoms. The molecule has 3 rings (SSSR count). The molecule has 96 valence electrons. The van der Waals surface area contributed by atoms with Gasteiger partial charge < -0.3 is 10.6 Å². The van der Waals surface area contributed by atoms with Gasteiger partial charge in [0.05, 0.1) is 12.1 Å². The van der Waals surface area contributed by atoms with Crippen LogP contribution in [-0.2, 0) is 0 Å². The monoisotopic (exact) mass is 235 g/mol. The Bertz CT molecular complexity index is 313. The summed E-state index contributed by atoms with van der Waals surface area (Å²) >= 11 is 0. The van der Waals surface area contributed by atoms with E-state index in [4.69, 9.17) is 5.73 Å². The SMILES string of the molecule is CC1(C2CC2)CN=C(N)N1C1CCCCCC1. The lowest BCUT2D eigenvalue weighted by atomic mass is 9.91. The van der Waals surface area contributed by atoms with Gasteiger partial charge in [-0.05, 0) is 38.5 Å². The van der Waals surface area contributed by atoms with Crippen LogP contribution in [0.4, 0.5) is 0 Å². The van der Waals surface area contributed by atoms with Crippen molar-refractivity contribution in [2.45, 2.75) is 69.9 Å². The van der Waals surface area contributed by atoms with Crippen molar-refractivity contribution in [1.29, 1.82) is 0 Å². The van der Waals surface area contributed by atoms with Gasteiger partial charge in [-0.1, -0.05) is 25.7 Å². The summed E-state index contributed by atoms with van der Waals surface area (Å²) in [6.45, 7) is 3.32. The molecule has 1 unspecified atom stereocenters. The average Bonchev–Trinajstić information content (AvgIpc) is 3.12. The number of nitrogens with two attached hydrogens (primary N) is 1. The lowest BCUT2D eigenvalue weighted by Gasteiger charge is -2.42. The first-order chi connectivity index (χ1) is 8.22. The number of nitrogens with zero attached hydrogens (tertiary/aromatic N) is 2. The molecule has 0 radical (unpaired) electrons. The second kappa shape index (κ2) is 4.18. The maximum Gasteiger partial charge on any atom is 0.192 e. The molecule has 2 N–H and O–H groups in total. The first-order valence-electron chi connectivity index (χ1n) is 7.31. The molecule has 0 amide bonds. The topological polar surface area (TPSA) is 41.6 Å². The van der Waals surface area contributed by atoms with E-state index in [1.165, 1.54) is 51.4 Å². The number of hydrogen-bond donors (Lipinski definition) is 1. The van der Waals surface area contributed by atoms with Crippen molar-refractivity contribution >= 4 is 5.96 Å². The summed E-state index contributed by atoms with van der Waals surface area (Å²) in [7, 11) is 0. The van der Waals surface area contributed by atoms with E-state index >= 15 is 0 Å². The molecule has 2 fully saturated rings. The second-order valence-corrected chi connectivity index (χ2v) is 6.32. The third-order valence-electron chi connectivity index (χ3n) is 5.01. The zero-order valence-electron chi connectivity index (χ0n) is 11.0. The molecule has 0 aromatic carbocycles. The molecule has 17 heavy (non-hydrogen) atoms. The van der Waals surface area contributed by atoms with Crippen LogP contribution in [0, 0.1) is 5.92 Å². The van der Waals surface area contributed by atoms with Crippen LogP contribution in [0.1, 0.15) is 58.3 Å². The molecular weight excluding hydrogens is 210 g/mol. The highest BCUT2D eigenvalue weighted by atomic mass is 15.4. The minimum Gasteiger partial charge on any atom is -0.370 e. The molecule has 1 atom stereocenters. The maximum atomic E-state index is 6.18. The zero-order chi connectivity index (χ0) is 11.9. The van der Waals surface area contributed by atoms with Gasteiger partial charge in [0.25, 0.3) is 0 Å². The predicted molar refractivity (Wildman–Crippen MR) is 70.9 cm³/mol. The number of hydrogen-bond acceptors (Lipinski definition) is 3. The standard InChI is InChI=1S/C14H25N3/c1-14(11-8-9-11)10-16-13(15)17(14)12-6-4-2-3-5-7-12/h11-12H,2-10H2,1H3,(H2,15,16). The molecule has 0 aromatic heterocycles. The Morgan fingerprint density at radius 3 is 2.35 bits per heavy atom. The zero-order valence-corrected chi connectivity index (χ0v) is 11.0. The fourth-order valence-electron chi connectivity index (χ4n) is 3.81.